The van der Waals surface area contributed by atoms with E-state index in [-0.39, 0.29) is 0 Å². The van der Waals surface area contributed by atoms with Gasteiger partial charge in [0.05, 0.1) is 6.04 Å². The Kier molecular flexibility index (Phi) is 3.39. The molecule has 0 aliphatic carbocycles. The zero-order valence-corrected chi connectivity index (χ0v) is 13.8. The van der Waals surface area contributed by atoms with Gasteiger partial charge in [0.15, 0.2) is 0 Å². The number of benzene rings is 2. The molecule has 2 unspecified atom stereocenters. The fourth-order valence-corrected chi connectivity index (χ4v) is 4.15. The third-order valence-electron chi connectivity index (χ3n) is 5.16. The summed E-state index contributed by atoms with van der Waals surface area (Å²) in [4.78, 5) is 4.94. The topological polar surface area (TPSA) is 6.48 Å². The maximum absolute atomic E-state index is 6.25. The molecule has 2 heterocycles. The highest BCUT2D eigenvalue weighted by Gasteiger charge is 2.37. The van der Waals surface area contributed by atoms with Crippen LogP contribution in [0, 0.1) is 0 Å². The average Bonchev–Trinajstić information content (AvgIpc) is 2.88. The summed E-state index contributed by atoms with van der Waals surface area (Å²) in [7, 11) is 4.37. The van der Waals surface area contributed by atoms with Gasteiger partial charge < -0.3 is 9.80 Å². The van der Waals surface area contributed by atoms with Gasteiger partial charge in [-0.3, -0.25) is 0 Å². The second kappa shape index (κ2) is 5.29. The number of nitrogens with zero attached hydrogens (tertiary/aromatic N) is 2. The Bertz CT molecular complexity index is 710. The van der Waals surface area contributed by atoms with E-state index in [1.807, 2.05) is 6.07 Å². The monoisotopic (exact) mass is 312 g/mol. The molecular formula is C19H21ClN2. The maximum atomic E-state index is 6.25. The average molecular weight is 313 g/mol. The van der Waals surface area contributed by atoms with Gasteiger partial charge in [-0.25, -0.2) is 0 Å². The first-order valence-electron chi connectivity index (χ1n) is 7.93. The molecule has 22 heavy (non-hydrogen) atoms. The summed E-state index contributed by atoms with van der Waals surface area (Å²) in [6, 6.07) is 16.3. The molecule has 2 nitrogen and oxygen atoms in total. The number of rotatable bonds is 1. The summed E-state index contributed by atoms with van der Waals surface area (Å²) in [6.45, 7) is 1.08. The number of likely N-dealkylation sites (N-methyl/N-ethyl adjacent to an activating group) is 1. The van der Waals surface area contributed by atoms with Gasteiger partial charge in [-0.15, -0.1) is 0 Å². The lowest BCUT2D eigenvalue weighted by Crippen LogP contribution is -2.31. The van der Waals surface area contributed by atoms with E-state index in [0.717, 1.165) is 18.0 Å². The first-order valence-corrected chi connectivity index (χ1v) is 8.30. The first kappa shape index (κ1) is 14.1. The predicted molar refractivity (Wildman–Crippen MR) is 92.9 cm³/mol. The van der Waals surface area contributed by atoms with Gasteiger partial charge in [0, 0.05) is 23.3 Å². The molecule has 0 N–H and O–H groups in total. The van der Waals surface area contributed by atoms with Crippen molar-refractivity contribution in [2.75, 3.05) is 25.5 Å². The molecule has 0 bridgehead atoms. The van der Waals surface area contributed by atoms with Crippen LogP contribution in [-0.4, -0.2) is 31.6 Å². The third kappa shape index (κ3) is 2.22. The largest absolute Gasteiger partial charge is 0.363 e. The standard InChI is InChI=1S/C19H21ClN2/c1-21(2)16-11-19-17-6-4-3-5-13(17)9-14-10-15(20)7-8-18(14)22(19)12-16/h3-8,10,16,19H,9,11-12H2,1-2H3. The van der Waals surface area contributed by atoms with Gasteiger partial charge >= 0.3 is 0 Å². The minimum absolute atomic E-state index is 0.478. The summed E-state index contributed by atoms with van der Waals surface area (Å²) < 4.78 is 0. The summed E-state index contributed by atoms with van der Waals surface area (Å²) in [5, 5.41) is 0.832. The van der Waals surface area contributed by atoms with Crippen molar-refractivity contribution in [1.82, 2.24) is 4.90 Å². The van der Waals surface area contributed by atoms with Crippen LogP contribution in [0.25, 0.3) is 0 Å². The molecule has 0 aromatic heterocycles. The van der Waals surface area contributed by atoms with Crippen LogP contribution in [0.15, 0.2) is 42.5 Å². The van der Waals surface area contributed by atoms with Crippen LogP contribution in [-0.2, 0) is 6.42 Å². The van der Waals surface area contributed by atoms with Crippen molar-refractivity contribution >= 4 is 17.3 Å². The highest BCUT2D eigenvalue weighted by atomic mass is 35.5. The van der Waals surface area contributed by atoms with Gasteiger partial charge in [0.2, 0.25) is 0 Å². The van der Waals surface area contributed by atoms with Crippen LogP contribution in [0.5, 0.6) is 0 Å². The van der Waals surface area contributed by atoms with Crippen molar-refractivity contribution in [1.29, 1.82) is 0 Å². The highest BCUT2D eigenvalue weighted by Crippen LogP contribution is 2.44. The van der Waals surface area contributed by atoms with Crippen molar-refractivity contribution in [2.45, 2.75) is 24.9 Å². The molecule has 2 aromatic carbocycles. The molecule has 1 saturated heterocycles. The molecule has 1 fully saturated rings. The van der Waals surface area contributed by atoms with Crippen LogP contribution in [0.3, 0.4) is 0 Å². The Balaban J connectivity index is 1.87. The molecular weight excluding hydrogens is 292 g/mol. The fraction of sp³-hybridized carbons (Fsp3) is 0.368. The minimum Gasteiger partial charge on any atom is -0.363 e. The first-order chi connectivity index (χ1) is 10.6. The summed E-state index contributed by atoms with van der Waals surface area (Å²) >= 11 is 6.25. The van der Waals surface area contributed by atoms with Gasteiger partial charge in [0.1, 0.15) is 0 Å². The SMILES string of the molecule is CN(C)C1CC2c3ccccc3Cc3cc(Cl)ccc3N2C1. The van der Waals surface area contributed by atoms with Crippen molar-refractivity contribution in [2.24, 2.45) is 0 Å². The number of fused-ring (bicyclic) bond motifs is 5. The van der Waals surface area contributed by atoms with Crippen molar-refractivity contribution in [3.05, 3.63) is 64.2 Å². The molecule has 2 aliphatic heterocycles. The van der Waals surface area contributed by atoms with Crippen molar-refractivity contribution in [3.63, 3.8) is 0 Å². The Labute approximate surface area is 137 Å². The molecule has 2 aliphatic rings. The maximum Gasteiger partial charge on any atom is 0.0561 e. The molecule has 114 valence electrons. The van der Waals surface area contributed by atoms with Crippen LogP contribution in [0.1, 0.15) is 29.2 Å². The second-order valence-electron chi connectivity index (χ2n) is 6.67. The van der Waals surface area contributed by atoms with E-state index >= 15 is 0 Å². The van der Waals surface area contributed by atoms with E-state index in [1.165, 1.54) is 28.8 Å². The van der Waals surface area contributed by atoms with E-state index < -0.39 is 0 Å². The normalized spacial score (nSPS) is 23.0. The van der Waals surface area contributed by atoms with E-state index in [1.54, 1.807) is 0 Å². The number of halogens is 1. The fourth-order valence-electron chi connectivity index (χ4n) is 3.95. The third-order valence-corrected chi connectivity index (χ3v) is 5.39. The van der Waals surface area contributed by atoms with Gasteiger partial charge in [-0.2, -0.15) is 0 Å². The molecule has 0 spiro atoms. The predicted octanol–water partition coefficient (Wildman–Crippen LogP) is 4.13. The van der Waals surface area contributed by atoms with E-state index in [2.05, 4.69) is 60.3 Å². The Morgan fingerprint density at radius 2 is 1.91 bits per heavy atom. The lowest BCUT2D eigenvalue weighted by atomic mass is 9.95. The number of hydrogen-bond donors (Lipinski definition) is 0. The minimum atomic E-state index is 0.478. The van der Waals surface area contributed by atoms with Gasteiger partial charge in [-0.05, 0) is 61.8 Å². The summed E-state index contributed by atoms with van der Waals surface area (Å²) in [6.07, 6.45) is 2.16. The van der Waals surface area contributed by atoms with E-state index in [4.69, 9.17) is 11.6 Å². The molecule has 0 radical (unpaired) electrons. The quantitative estimate of drug-likeness (QED) is 0.781. The number of anilines is 1. The lowest BCUT2D eigenvalue weighted by Gasteiger charge is -2.27. The molecule has 2 aromatic rings. The van der Waals surface area contributed by atoms with Crippen LogP contribution in [0.4, 0.5) is 5.69 Å². The van der Waals surface area contributed by atoms with Gasteiger partial charge in [-0.1, -0.05) is 35.9 Å². The van der Waals surface area contributed by atoms with E-state index in [9.17, 15) is 0 Å². The molecule has 4 rings (SSSR count). The summed E-state index contributed by atoms with van der Waals surface area (Å²) in [5.74, 6) is 0. The molecule has 0 saturated carbocycles. The Morgan fingerprint density at radius 3 is 2.73 bits per heavy atom. The molecule has 2 atom stereocenters. The Morgan fingerprint density at radius 1 is 1.09 bits per heavy atom. The smallest absolute Gasteiger partial charge is 0.0561 e. The molecule has 0 amide bonds. The highest BCUT2D eigenvalue weighted by molar-refractivity contribution is 6.30. The lowest BCUT2D eigenvalue weighted by molar-refractivity contribution is 0.310. The van der Waals surface area contributed by atoms with Crippen LogP contribution in [0.2, 0.25) is 5.02 Å². The summed E-state index contributed by atoms with van der Waals surface area (Å²) in [5.41, 5.74) is 5.63. The Hall–Kier alpha value is -1.51. The zero-order valence-electron chi connectivity index (χ0n) is 13.1. The van der Waals surface area contributed by atoms with Crippen molar-refractivity contribution in [3.8, 4) is 0 Å². The van der Waals surface area contributed by atoms with Crippen molar-refractivity contribution < 1.29 is 0 Å². The zero-order chi connectivity index (χ0) is 15.3. The number of hydrogen-bond acceptors (Lipinski definition) is 2. The van der Waals surface area contributed by atoms with Gasteiger partial charge in [0.25, 0.3) is 0 Å². The van der Waals surface area contributed by atoms with Crippen LogP contribution >= 0.6 is 11.6 Å². The van der Waals surface area contributed by atoms with Crippen LogP contribution < -0.4 is 4.90 Å². The second-order valence-corrected chi connectivity index (χ2v) is 7.11. The van der Waals surface area contributed by atoms with E-state index in [0.29, 0.717) is 12.1 Å². The molecule has 3 heteroatoms.